The third-order valence-electron chi connectivity index (χ3n) is 5.20. The molecule has 1 saturated heterocycles. The molecular formula is C19H32N4O3. The second kappa shape index (κ2) is 9.37. The van der Waals surface area contributed by atoms with E-state index >= 15 is 0 Å². The lowest BCUT2D eigenvalue weighted by atomic mass is 10.1. The van der Waals surface area contributed by atoms with Crippen LogP contribution in [0.15, 0.2) is 0 Å². The Balaban J connectivity index is 1.61. The first-order chi connectivity index (χ1) is 12.7. The van der Waals surface area contributed by atoms with Crippen LogP contribution < -0.4 is 15.4 Å². The van der Waals surface area contributed by atoms with Crippen molar-refractivity contribution in [3.05, 3.63) is 5.56 Å². The highest BCUT2D eigenvalue weighted by atomic mass is 16.5. The maximum Gasteiger partial charge on any atom is 0.320 e. The van der Waals surface area contributed by atoms with Gasteiger partial charge in [0.1, 0.15) is 17.9 Å². The number of aromatic nitrogens is 2. The van der Waals surface area contributed by atoms with Crippen molar-refractivity contribution in [1.82, 2.24) is 9.97 Å². The SMILES string of the molecule is CCCCOc1nc(N)c2c(n1)N(CCCCC1CCCO1)C(OC)C2. The second-order valence-corrected chi connectivity index (χ2v) is 7.11. The molecule has 1 fully saturated rings. The molecule has 0 saturated carbocycles. The Labute approximate surface area is 156 Å². The first kappa shape index (κ1) is 19.2. The number of ether oxygens (including phenoxy) is 3. The van der Waals surface area contributed by atoms with Gasteiger partial charge in [-0.15, -0.1) is 0 Å². The fourth-order valence-corrected chi connectivity index (χ4v) is 3.68. The number of nitrogens with zero attached hydrogens (tertiary/aromatic N) is 3. The van der Waals surface area contributed by atoms with Crippen LogP contribution in [0.4, 0.5) is 11.6 Å². The zero-order valence-electron chi connectivity index (χ0n) is 16.1. The van der Waals surface area contributed by atoms with Gasteiger partial charge >= 0.3 is 6.01 Å². The van der Waals surface area contributed by atoms with Crippen LogP contribution in [0.1, 0.15) is 57.4 Å². The second-order valence-electron chi connectivity index (χ2n) is 7.11. The molecule has 2 aliphatic rings. The summed E-state index contributed by atoms with van der Waals surface area (Å²) < 4.78 is 17.1. The van der Waals surface area contributed by atoms with Gasteiger partial charge in [-0.05, 0) is 38.5 Å². The van der Waals surface area contributed by atoms with E-state index in [4.69, 9.17) is 19.9 Å². The largest absolute Gasteiger partial charge is 0.463 e. The first-order valence-electron chi connectivity index (χ1n) is 9.93. The highest BCUT2D eigenvalue weighted by Gasteiger charge is 2.33. The lowest BCUT2D eigenvalue weighted by Gasteiger charge is -2.25. The molecule has 1 aromatic heterocycles. The smallest absolute Gasteiger partial charge is 0.320 e. The standard InChI is InChI=1S/C19H32N4O3/c1-3-4-11-26-19-21-17(20)15-13-16(24-2)23(18(15)22-19)10-6-5-8-14-9-7-12-25-14/h14,16H,3-13H2,1-2H3,(H2,20,21,22). The number of hydrogen-bond donors (Lipinski definition) is 1. The van der Waals surface area contributed by atoms with Gasteiger partial charge in [0.15, 0.2) is 0 Å². The van der Waals surface area contributed by atoms with E-state index in [2.05, 4.69) is 21.8 Å². The molecule has 0 spiro atoms. The number of unbranched alkanes of at least 4 members (excludes halogenated alkanes) is 2. The van der Waals surface area contributed by atoms with Crippen molar-refractivity contribution in [2.45, 2.75) is 70.6 Å². The summed E-state index contributed by atoms with van der Waals surface area (Å²) in [5.74, 6) is 1.37. The Kier molecular flexibility index (Phi) is 6.91. The van der Waals surface area contributed by atoms with Gasteiger partial charge in [0.05, 0.1) is 12.7 Å². The predicted molar refractivity (Wildman–Crippen MR) is 102 cm³/mol. The molecule has 2 N–H and O–H groups in total. The molecule has 2 aliphatic heterocycles. The highest BCUT2D eigenvalue weighted by Crippen LogP contribution is 2.35. The van der Waals surface area contributed by atoms with Gasteiger partial charge in [-0.3, -0.25) is 0 Å². The van der Waals surface area contributed by atoms with E-state index in [0.717, 1.165) is 63.1 Å². The van der Waals surface area contributed by atoms with Gasteiger partial charge in [-0.2, -0.15) is 9.97 Å². The fourth-order valence-electron chi connectivity index (χ4n) is 3.68. The summed E-state index contributed by atoms with van der Waals surface area (Å²) >= 11 is 0. The third-order valence-corrected chi connectivity index (χ3v) is 5.20. The van der Waals surface area contributed by atoms with Crippen molar-refractivity contribution in [2.75, 3.05) is 37.5 Å². The first-order valence-corrected chi connectivity index (χ1v) is 9.93. The van der Waals surface area contributed by atoms with Gasteiger partial charge in [0.2, 0.25) is 0 Å². The van der Waals surface area contributed by atoms with E-state index in [-0.39, 0.29) is 6.23 Å². The summed E-state index contributed by atoms with van der Waals surface area (Å²) in [5.41, 5.74) is 7.13. The van der Waals surface area contributed by atoms with Crippen LogP contribution in [-0.4, -0.2) is 49.2 Å². The van der Waals surface area contributed by atoms with Crippen molar-refractivity contribution < 1.29 is 14.2 Å². The number of anilines is 2. The topological polar surface area (TPSA) is 82.7 Å². The summed E-state index contributed by atoms with van der Waals surface area (Å²) in [4.78, 5) is 11.1. The Morgan fingerprint density at radius 1 is 1.27 bits per heavy atom. The van der Waals surface area contributed by atoms with Crippen molar-refractivity contribution >= 4 is 11.6 Å². The monoisotopic (exact) mass is 364 g/mol. The van der Waals surface area contributed by atoms with Crippen LogP contribution in [0.3, 0.4) is 0 Å². The summed E-state index contributed by atoms with van der Waals surface area (Å²) in [6.45, 7) is 4.56. The van der Waals surface area contributed by atoms with Crippen molar-refractivity contribution in [3.8, 4) is 6.01 Å². The number of nitrogen functional groups attached to an aromatic ring is 1. The van der Waals surface area contributed by atoms with E-state index in [1.54, 1.807) is 7.11 Å². The lowest BCUT2D eigenvalue weighted by molar-refractivity contribution is 0.0986. The van der Waals surface area contributed by atoms with Crippen LogP contribution >= 0.6 is 0 Å². The molecule has 7 heteroatoms. The van der Waals surface area contributed by atoms with Crippen molar-refractivity contribution in [2.24, 2.45) is 0 Å². The van der Waals surface area contributed by atoms with E-state index in [9.17, 15) is 0 Å². The van der Waals surface area contributed by atoms with Gasteiger partial charge in [0, 0.05) is 32.2 Å². The van der Waals surface area contributed by atoms with Gasteiger partial charge < -0.3 is 24.8 Å². The van der Waals surface area contributed by atoms with Gasteiger partial charge in [-0.1, -0.05) is 13.3 Å². The third kappa shape index (κ3) is 4.57. The van der Waals surface area contributed by atoms with E-state index < -0.39 is 0 Å². The number of hydrogen-bond acceptors (Lipinski definition) is 7. The minimum Gasteiger partial charge on any atom is -0.463 e. The zero-order chi connectivity index (χ0) is 18.4. The molecular weight excluding hydrogens is 332 g/mol. The molecule has 1 aromatic rings. The number of nitrogens with two attached hydrogens (primary N) is 1. The van der Waals surface area contributed by atoms with E-state index in [1.807, 2.05) is 0 Å². The fraction of sp³-hybridized carbons (Fsp3) is 0.789. The maximum atomic E-state index is 6.16. The Hall–Kier alpha value is -1.60. The van der Waals surface area contributed by atoms with Crippen LogP contribution in [0.2, 0.25) is 0 Å². The highest BCUT2D eigenvalue weighted by molar-refractivity contribution is 5.62. The number of methoxy groups -OCH3 is 1. The molecule has 2 unspecified atom stereocenters. The summed E-state index contributed by atoms with van der Waals surface area (Å²) in [7, 11) is 1.73. The van der Waals surface area contributed by atoms with E-state index in [1.165, 1.54) is 12.8 Å². The molecule has 0 aromatic carbocycles. The molecule has 2 atom stereocenters. The predicted octanol–water partition coefficient (Wildman–Crippen LogP) is 2.92. The van der Waals surface area contributed by atoms with Crippen molar-refractivity contribution in [3.63, 3.8) is 0 Å². The Morgan fingerprint density at radius 3 is 2.88 bits per heavy atom. The normalized spacial score (nSPS) is 22.0. The molecule has 26 heavy (non-hydrogen) atoms. The molecule has 146 valence electrons. The quantitative estimate of drug-likeness (QED) is 0.639. The van der Waals surface area contributed by atoms with Gasteiger partial charge in [0.25, 0.3) is 0 Å². The van der Waals surface area contributed by atoms with Crippen LogP contribution in [-0.2, 0) is 15.9 Å². The van der Waals surface area contributed by atoms with Crippen LogP contribution in [0, 0.1) is 0 Å². The average molecular weight is 364 g/mol. The molecule has 3 rings (SSSR count). The summed E-state index contributed by atoms with van der Waals surface area (Å²) in [5, 5.41) is 0. The Bertz CT molecular complexity index is 578. The minimum absolute atomic E-state index is 0.0322. The summed E-state index contributed by atoms with van der Waals surface area (Å²) in [6, 6.07) is 0.371. The molecule has 7 nitrogen and oxygen atoms in total. The number of rotatable bonds is 10. The average Bonchev–Trinajstić information content (AvgIpc) is 3.27. The Morgan fingerprint density at radius 2 is 2.15 bits per heavy atom. The van der Waals surface area contributed by atoms with Crippen molar-refractivity contribution in [1.29, 1.82) is 0 Å². The molecule has 0 amide bonds. The van der Waals surface area contributed by atoms with E-state index in [0.29, 0.717) is 24.5 Å². The lowest BCUT2D eigenvalue weighted by Crippen LogP contribution is -2.34. The zero-order valence-corrected chi connectivity index (χ0v) is 16.1. The minimum atomic E-state index is -0.0322. The van der Waals surface area contributed by atoms with Gasteiger partial charge in [-0.25, -0.2) is 0 Å². The molecule has 3 heterocycles. The molecule has 0 radical (unpaired) electrons. The summed E-state index contributed by atoms with van der Waals surface area (Å²) in [6.07, 6.45) is 8.96. The molecule has 0 aliphatic carbocycles. The molecule has 0 bridgehead atoms. The van der Waals surface area contributed by atoms with Crippen LogP contribution in [0.5, 0.6) is 6.01 Å². The maximum absolute atomic E-state index is 6.16. The number of fused-ring (bicyclic) bond motifs is 1. The van der Waals surface area contributed by atoms with Crippen LogP contribution in [0.25, 0.3) is 0 Å².